The summed E-state index contributed by atoms with van der Waals surface area (Å²) in [7, 11) is 3.80. The maximum Gasteiger partial charge on any atom is 0.172 e. The summed E-state index contributed by atoms with van der Waals surface area (Å²) in [5.41, 5.74) is 2.67. The molecule has 6 heteroatoms. The highest BCUT2D eigenvalue weighted by atomic mass is 32.1. The van der Waals surface area contributed by atoms with Gasteiger partial charge < -0.3 is 10.2 Å². The average molecular weight is 238 g/mol. The van der Waals surface area contributed by atoms with E-state index in [-0.39, 0.29) is 0 Å². The Hall–Kier alpha value is -1.27. The first kappa shape index (κ1) is 10.3. The lowest BCUT2D eigenvalue weighted by atomic mass is 10.2. The minimum Gasteiger partial charge on any atom is -0.355 e. The van der Waals surface area contributed by atoms with Crippen LogP contribution in [0, 0.1) is 0 Å². The van der Waals surface area contributed by atoms with Crippen LogP contribution < -0.4 is 5.32 Å². The van der Waals surface area contributed by atoms with E-state index >= 15 is 0 Å². The van der Waals surface area contributed by atoms with Crippen LogP contribution in [-0.4, -0.2) is 32.9 Å². The van der Waals surface area contributed by atoms with Gasteiger partial charge >= 0.3 is 0 Å². The summed E-state index contributed by atoms with van der Waals surface area (Å²) in [5.74, 6) is 0. The first-order chi connectivity index (χ1) is 7.18. The van der Waals surface area contributed by atoms with E-state index in [1.807, 2.05) is 37.2 Å². The van der Waals surface area contributed by atoms with Crippen molar-refractivity contribution in [3.05, 3.63) is 18.2 Å². The van der Waals surface area contributed by atoms with Gasteiger partial charge in [-0.25, -0.2) is 0 Å². The molecule has 0 saturated heterocycles. The maximum absolute atomic E-state index is 5.17. The Morgan fingerprint density at radius 2 is 2.20 bits per heavy atom. The van der Waals surface area contributed by atoms with Crippen LogP contribution in [0.4, 0.5) is 5.69 Å². The number of aromatic nitrogens is 2. The van der Waals surface area contributed by atoms with Gasteiger partial charge in [-0.05, 0) is 24.4 Å². The van der Waals surface area contributed by atoms with Crippen molar-refractivity contribution in [2.45, 2.75) is 0 Å². The summed E-state index contributed by atoms with van der Waals surface area (Å²) in [6.45, 7) is 0. The molecule has 0 amide bonds. The third-order valence-electron chi connectivity index (χ3n) is 1.93. The van der Waals surface area contributed by atoms with Crippen molar-refractivity contribution in [1.29, 1.82) is 0 Å². The van der Waals surface area contributed by atoms with Crippen LogP contribution >= 0.6 is 23.9 Å². The van der Waals surface area contributed by atoms with Crippen molar-refractivity contribution in [3.8, 4) is 0 Å². The number of nitrogens with zero attached hydrogens (tertiary/aromatic N) is 3. The molecule has 0 aliphatic rings. The minimum atomic E-state index is 0.663. The van der Waals surface area contributed by atoms with Crippen LogP contribution in [0.15, 0.2) is 18.2 Å². The highest BCUT2D eigenvalue weighted by Gasteiger charge is 2.06. The predicted molar refractivity (Wildman–Crippen MR) is 67.3 cm³/mol. The van der Waals surface area contributed by atoms with Crippen molar-refractivity contribution in [2.24, 2.45) is 0 Å². The first-order valence-corrected chi connectivity index (χ1v) is 5.52. The fraction of sp³-hybridized carbons (Fsp3) is 0.222. The Kier molecular flexibility index (Phi) is 2.79. The van der Waals surface area contributed by atoms with Crippen molar-refractivity contribution in [2.75, 3.05) is 19.4 Å². The number of anilines is 1. The van der Waals surface area contributed by atoms with E-state index in [1.54, 1.807) is 0 Å². The second kappa shape index (κ2) is 4.08. The molecule has 1 N–H and O–H groups in total. The zero-order valence-electron chi connectivity index (χ0n) is 8.39. The van der Waals surface area contributed by atoms with Gasteiger partial charge in [0.2, 0.25) is 0 Å². The van der Waals surface area contributed by atoms with Crippen LogP contribution in [0.2, 0.25) is 0 Å². The summed E-state index contributed by atoms with van der Waals surface area (Å²) in [5, 5.41) is 3.79. The van der Waals surface area contributed by atoms with Crippen molar-refractivity contribution in [3.63, 3.8) is 0 Å². The van der Waals surface area contributed by atoms with Crippen LogP contribution in [0.3, 0.4) is 0 Å². The lowest BCUT2D eigenvalue weighted by molar-refractivity contribution is 0.634. The van der Waals surface area contributed by atoms with E-state index in [9.17, 15) is 0 Å². The first-order valence-electron chi connectivity index (χ1n) is 4.38. The number of thiocarbonyl (C=S) groups is 1. The maximum atomic E-state index is 5.17. The van der Waals surface area contributed by atoms with Crippen LogP contribution in [0.25, 0.3) is 11.0 Å². The molecule has 1 aromatic carbocycles. The van der Waals surface area contributed by atoms with Crippen molar-refractivity contribution < 1.29 is 0 Å². The molecule has 15 heavy (non-hydrogen) atoms. The van der Waals surface area contributed by atoms with Gasteiger partial charge in [-0.3, -0.25) is 0 Å². The Morgan fingerprint density at radius 1 is 1.40 bits per heavy atom. The van der Waals surface area contributed by atoms with E-state index in [2.05, 4.69) is 14.1 Å². The fourth-order valence-electron chi connectivity index (χ4n) is 1.13. The summed E-state index contributed by atoms with van der Waals surface area (Å²) in [6.07, 6.45) is 0. The SMILES string of the molecule is CN(C)C(=S)Nc1cccc2nsnc12. The van der Waals surface area contributed by atoms with E-state index in [1.165, 1.54) is 11.7 Å². The molecule has 1 aromatic heterocycles. The normalized spacial score (nSPS) is 10.3. The van der Waals surface area contributed by atoms with Crippen LogP contribution in [0.1, 0.15) is 0 Å². The highest BCUT2D eigenvalue weighted by Crippen LogP contribution is 2.21. The van der Waals surface area contributed by atoms with Crippen molar-refractivity contribution in [1.82, 2.24) is 13.6 Å². The summed E-state index contributed by atoms with van der Waals surface area (Å²) >= 11 is 6.37. The quantitative estimate of drug-likeness (QED) is 0.769. The molecule has 0 saturated carbocycles. The smallest absolute Gasteiger partial charge is 0.172 e. The molecule has 0 radical (unpaired) electrons. The molecule has 78 valence electrons. The molecular formula is C9H10N4S2. The summed E-state index contributed by atoms with van der Waals surface area (Å²) in [4.78, 5) is 1.84. The number of hydrogen-bond donors (Lipinski definition) is 1. The lowest BCUT2D eigenvalue weighted by Crippen LogP contribution is -2.27. The molecule has 0 aliphatic carbocycles. The summed E-state index contributed by atoms with van der Waals surface area (Å²) in [6, 6.07) is 5.81. The zero-order valence-corrected chi connectivity index (χ0v) is 10.0. The number of rotatable bonds is 1. The number of hydrogen-bond acceptors (Lipinski definition) is 4. The van der Waals surface area contributed by atoms with Gasteiger partial charge in [-0.15, -0.1) is 0 Å². The molecule has 2 aromatic rings. The predicted octanol–water partition coefficient (Wildman–Crippen LogP) is 1.95. The van der Waals surface area contributed by atoms with Crippen molar-refractivity contribution >= 4 is 45.8 Å². The summed E-state index contributed by atoms with van der Waals surface area (Å²) < 4.78 is 8.39. The molecular weight excluding hydrogens is 228 g/mol. The lowest BCUT2D eigenvalue weighted by Gasteiger charge is -2.15. The van der Waals surface area contributed by atoms with Gasteiger partial charge in [0.25, 0.3) is 0 Å². The second-order valence-corrected chi connectivity index (χ2v) is 4.18. The average Bonchev–Trinajstić information content (AvgIpc) is 2.66. The number of nitrogens with one attached hydrogen (secondary N) is 1. The van der Waals surface area contributed by atoms with E-state index in [4.69, 9.17) is 12.2 Å². The van der Waals surface area contributed by atoms with Gasteiger partial charge in [0.05, 0.1) is 17.4 Å². The standard InChI is InChI=1S/C9H10N4S2/c1-13(2)9(14)10-6-4-3-5-7-8(6)12-15-11-7/h3-5H,1-2H3,(H,10,14). The van der Waals surface area contributed by atoms with Gasteiger partial charge in [0.15, 0.2) is 5.11 Å². The third kappa shape index (κ3) is 2.05. The molecule has 1 heterocycles. The van der Waals surface area contributed by atoms with Gasteiger partial charge in [0.1, 0.15) is 11.0 Å². The van der Waals surface area contributed by atoms with E-state index in [0.717, 1.165) is 16.7 Å². The van der Waals surface area contributed by atoms with E-state index < -0.39 is 0 Å². The van der Waals surface area contributed by atoms with Gasteiger partial charge in [0, 0.05) is 14.1 Å². The Balaban J connectivity index is 2.35. The van der Waals surface area contributed by atoms with Gasteiger partial charge in [-0.2, -0.15) is 8.75 Å². The fourth-order valence-corrected chi connectivity index (χ4v) is 1.79. The Bertz CT molecular complexity index is 492. The topological polar surface area (TPSA) is 41.0 Å². The van der Waals surface area contributed by atoms with Crippen LogP contribution in [-0.2, 0) is 0 Å². The highest BCUT2D eigenvalue weighted by molar-refractivity contribution is 7.80. The van der Waals surface area contributed by atoms with E-state index in [0.29, 0.717) is 5.11 Å². The zero-order chi connectivity index (χ0) is 10.8. The Morgan fingerprint density at radius 3 is 2.93 bits per heavy atom. The molecule has 0 bridgehead atoms. The Labute approximate surface area is 97.2 Å². The van der Waals surface area contributed by atoms with Gasteiger partial charge in [-0.1, -0.05) is 6.07 Å². The third-order valence-corrected chi connectivity index (χ3v) is 2.94. The minimum absolute atomic E-state index is 0.663. The molecule has 2 rings (SSSR count). The molecule has 0 aliphatic heterocycles. The second-order valence-electron chi connectivity index (χ2n) is 3.26. The number of fused-ring (bicyclic) bond motifs is 1. The monoisotopic (exact) mass is 238 g/mol. The molecule has 0 spiro atoms. The largest absolute Gasteiger partial charge is 0.355 e. The molecule has 0 atom stereocenters. The molecule has 0 unspecified atom stereocenters. The number of benzene rings is 1. The van der Waals surface area contributed by atoms with Crippen LogP contribution in [0.5, 0.6) is 0 Å². The molecule has 4 nitrogen and oxygen atoms in total. The molecule has 0 fully saturated rings.